The van der Waals surface area contributed by atoms with Crippen LogP contribution in [0.15, 0.2) is 23.2 Å². The van der Waals surface area contributed by atoms with Crippen LogP contribution in [0.5, 0.6) is 0 Å². The first kappa shape index (κ1) is 31.1. The highest BCUT2D eigenvalue weighted by molar-refractivity contribution is 5.93. The van der Waals surface area contributed by atoms with Crippen molar-refractivity contribution in [2.75, 3.05) is 13.1 Å². The van der Waals surface area contributed by atoms with Crippen LogP contribution in [0.25, 0.3) is 0 Å². The molecule has 0 aliphatic heterocycles. The Balaban J connectivity index is 1.66. The number of aromatic nitrogens is 2. The van der Waals surface area contributed by atoms with Crippen LogP contribution in [-0.2, 0) is 22.9 Å². The average molecular weight is 563 g/mol. The summed E-state index contributed by atoms with van der Waals surface area (Å²) in [6.07, 6.45) is 6.70. The van der Waals surface area contributed by atoms with E-state index in [0.717, 1.165) is 37.9 Å². The van der Waals surface area contributed by atoms with Gasteiger partial charge in [0.1, 0.15) is 5.69 Å². The van der Waals surface area contributed by atoms with E-state index in [2.05, 4.69) is 77.4 Å². The molecule has 4 N–H and O–H groups in total. The van der Waals surface area contributed by atoms with Crippen LogP contribution in [0.2, 0.25) is 0 Å². The van der Waals surface area contributed by atoms with Crippen LogP contribution in [0, 0.1) is 25.7 Å². The van der Waals surface area contributed by atoms with Gasteiger partial charge in [0.25, 0.3) is 5.91 Å². The molecule has 1 fully saturated rings. The second kappa shape index (κ2) is 11.4. The quantitative estimate of drug-likeness (QED) is 0.304. The smallest absolute Gasteiger partial charge is 0.272 e. The van der Waals surface area contributed by atoms with Gasteiger partial charge in [-0.2, -0.15) is 5.10 Å². The molecule has 0 unspecified atom stereocenters. The van der Waals surface area contributed by atoms with Gasteiger partial charge in [-0.1, -0.05) is 39.8 Å². The van der Waals surface area contributed by atoms with Crippen molar-refractivity contribution in [3.8, 4) is 0 Å². The number of fused-ring (bicyclic) bond motifs is 1. The van der Waals surface area contributed by atoms with E-state index in [4.69, 9.17) is 16.6 Å². The molecule has 1 amide bonds. The Hall–Kier alpha value is -2.83. The second-order valence-electron chi connectivity index (χ2n) is 15.2. The Morgan fingerprint density at radius 3 is 2.10 bits per heavy atom. The first-order chi connectivity index (χ1) is 19.0. The zero-order valence-corrected chi connectivity index (χ0v) is 27.1. The van der Waals surface area contributed by atoms with Gasteiger partial charge in [-0.25, -0.2) is 0 Å². The molecule has 0 saturated heterocycles. The molecule has 7 heteroatoms. The largest absolute Gasteiger partial charge is 0.370 e. The molecule has 7 nitrogen and oxygen atoms in total. The first-order valence-corrected chi connectivity index (χ1v) is 15.5. The number of amides is 1. The number of rotatable bonds is 7. The molecule has 0 bridgehead atoms. The Morgan fingerprint density at radius 2 is 1.54 bits per heavy atom. The lowest BCUT2D eigenvalue weighted by Gasteiger charge is -2.42. The number of benzene rings is 1. The second-order valence-corrected chi connectivity index (χ2v) is 15.2. The lowest BCUT2D eigenvalue weighted by Crippen LogP contribution is -2.39. The molecule has 0 spiro atoms. The minimum absolute atomic E-state index is 0.0693. The summed E-state index contributed by atoms with van der Waals surface area (Å²) in [6, 6.07) is 6.79. The molecule has 1 aromatic carbocycles. The molecule has 2 aliphatic rings. The highest BCUT2D eigenvalue weighted by Gasteiger charge is 2.38. The van der Waals surface area contributed by atoms with Gasteiger partial charge in [0.15, 0.2) is 5.96 Å². The van der Waals surface area contributed by atoms with E-state index in [1.54, 1.807) is 0 Å². The molecule has 0 atom stereocenters. The SMILES string of the molecule is Cc1cc(C(=O)N(Cc2cc3c(cc2C)C(C)(C)CCC3(C)C)CC2CCC(CN=C(N)N)CC2)n(C(C)(C)C)n1. The number of nitrogens with zero attached hydrogens (tertiary/aromatic N) is 4. The fourth-order valence-electron chi connectivity index (χ4n) is 6.83. The number of hydrogen-bond acceptors (Lipinski definition) is 3. The lowest BCUT2D eigenvalue weighted by atomic mass is 9.62. The highest BCUT2D eigenvalue weighted by atomic mass is 16.2. The van der Waals surface area contributed by atoms with Gasteiger partial charge < -0.3 is 16.4 Å². The van der Waals surface area contributed by atoms with Crippen LogP contribution in [-0.4, -0.2) is 39.6 Å². The summed E-state index contributed by atoms with van der Waals surface area (Å²) in [7, 11) is 0. The van der Waals surface area contributed by atoms with Crippen LogP contribution in [0.3, 0.4) is 0 Å². The van der Waals surface area contributed by atoms with Crippen molar-refractivity contribution >= 4 is 11.9 Å². The van der Waals surface area contributed by atoms with E-state index in [9.17, 15) is 4.79 Å². The number of carbonyl (C=O) groups excluding carboxylic acids is 1. The van der Waals surface area contributed by atoms with E-state index < -0.39 is 0 Å². The number of aliphatic imine (C=N–C) groups is 1. The van der Waals surface area contributed by atoms with Crippen LogP contribution in [0.1, 0.15) is 125 Å². The molecule has 0 radical (unpaired) electrons. The molecule has 1 heterocycles. The minimum Gasteiger partial charge on any atom is -0.370 e. The molecule has 226 valence electrons. The summed E-state index contributed by atoms with van der Waals surface area (Å²) in [5.41, 5.74) is 18.1. The van der Waals surface area contributed by atoms with Crippen LogP contribution in [0.4, 0.5) is 0 Å². The van der Waals surface area contributed by atoms with Crippen molar-refractivity contribution in [3.63, 3.8) is 0 Å². The lowest BCUT2D eigenvalue weighted by molar-refractivity contribution is 0.0670. The number of guanidine groups is 1. The van der Waals surface area contributed by atoms with E-state index in [-0.39, 0.29) is 28.2 Å². The van der Waals surface area contributed by atoms with Crippen LogP contribution >= 0.6 is 0 Å². The van der Waals surface area contributed by atoms with Gasteiger partial charge in [0.2, 0.25) is 0 Å². The molecular weight excluding hydrogens is 508 g/mol. The van der Waals surface area contributed by atoms with Crippen molar-refractivity contribution in [1.82, 2.24) is 14.7 Å². The van der Waals surface area contributed by atoms with Gasteiger partial charge in [-0.3, -0.25) is 14.5 Å². The maximum atomic E-state index is 14.4. The van der Waals surface area contributed by atoms with Gasteiger partial charge in [-0.05, 0) is 124 Å². The third-order valence-corrected chi connectivity index (χ3v) is 9.62. The molecule has 4 rings (SSSR count). The first-order valence-electron chi connectivity index (χ1n) is 15.5. The maximum Gasteiger partial charge on any atom is 0.272 e. The topological polar surface area (TPSA) is 103 Å². The monoisotopic (exact) mass is 562 g/mol. The summed E-state index contributed by atoms with van der Waals surface area (Å²) in [6.45, 7) is 22.0. The van der Waals surface area contributed by atoms with Crippen molar-refractivity contribution in [2.24, 2.45) is 28.3 Å². The average Bonchev–Trinajstić information content (AvgIpc) is 3.28. The van der Waals surface area contributed by atoms with Crippen molar-refractivity contribution in [1.29, 1.82) is 0 Å². The molecule has 1 saturated carbocycles. The van der Waals surface area contributed by atoms with Crippen molar-refractivity contribution in [2.45, 2.75) is 124 Å². The van der Waals surface area contributed by atoms with E-state index in [1.807, 2.05) is 17.7 Å². The predicted molar refractivity (Wildman–Crippen MR) is 169 cm³/mol. The Kier molecular flexibility index (Phi) is 8.69. The highest BCUT2D eigenvalue weighted by Crippen LogP contribution is 2.46. The normalized spacial score (nSPS) is 21.7. The molecule has 2 aliphatic carbocycles. The summed E-state index contributed by atoms with van der Waals surface area (Å²) in [5, 5.41) is 4.73. The third kappa shape index (κ3) is 6.98. The van der Waals surface area contributed by atoms with Gasteiger partial charge in [0.05, 0.1) is 11.2 Å². The van der Waals surface area contributed by atoms with E-state index in [0.29, 0.717) is 30.6 Å². The summed E-state index contributed by atoms with van der Waals surface area (Å²) in [5.74, 6) is 1.20. The Labute approximate surface area is 248 Å². The van der Waals surface area contributed by atoms with Crippen LogP contribution < -0.4 is 11.5 Å². The van der Waals surface area contributed by atoms with Crippen molar-refractivity contribution < 1.29 is 4.79 Å². The minimum atomic E-state index is -0.286. The summed E-state index contributed by atoms with van der Waals surface area (Å²) in [4.78, 5) is 20.8. The van der Waals surface area contributed by atoms with E-state index >= 15 is 0 Å². The predicted octanol–water partition coefficient (Wildman–Crippen LogP) is 6.33. The number of carbonyl (C=O) groups is 1. The van der Waals surface area contributed by atoms with Crippen molar-refractivity contribution in [3.05, 3.63) is 51.8 Å². The third-order valence-electron chi connectivity index (χ3n) is 9.62. The maximum absolute atomic E-state index is 14.4. The number of hydrogen-bond donors (Lipinski definition) is 2. The van der Waals surface area contributed by atoms with Gasteiger partial charge in [-0.15, -0.1) is 0 Å². The molecule has 2 aromatic rings. The molecule has 41 heavy (non-hydrogen) atoms. The zero-order valence-electron chi connectivity index (χ0n) is 27.1. The number of nitrogens with two attached hydrogens (primary N) is 2. The van der Waals surface area contributed by atoms with E-state index in [1.165, 1.54) is 35.1 Å². The Bertz CT molecular complexity index is 1280. The summed E-state index contributed by atoms with van der Waals surface area (Å²) >= 11 is 0. The molecular formula is C34H54N6O. The molecule has 1 aromatic heterocycles. The standard InChI is InChI=1S/C34H54N6O/c1-22-16-27-28(34(8,9)15-14-33(27,6)7)18-26(22)21-39(20-25-12-10-24(11-13-25)19-37-31(35)36)30(41)29-17-23(2)38-40(29)32(3,4)5/h16-18,24-25H,10-15,19-21H2,1-9H3,(H4,35,36,37). The van der Waals surface area contributed by atoms with Gasteiger partial charge in [0, 0.05) is 19.6 Å². The summed E-state index contributed by atoms with van der Waals surface area (Å²) < 4.78 is 1.91. The Morgan fingerprint density at radius 1 is 0.976 bits per heavy atom. The fourth-order valence-corrected chi connectivity index (χ4v) is 6.83. The number of aryl methyl sites for hydroxylation is 2. The zero-order chi connectivity index (χ0) is 30.3. The fraction of sp³-hybridized carbons (Fsp3) is 0.676. The van der Waals surface area contributed by atoms with Gasteiger partial charge >= 0.3 is 0 Å².